The molecular weight excluding hydrogens is 292 g/mol. The quantitative estimate of drug-likeness (QED) is 0.818. The summed E-state index contributed by atoms with van der Waals surface area (Å²) in [6, 6.07) is 8.42. The van der Waals surface area contributed by atoms with Crippen LogP contribution in [-0.4, -0.2) is 65.3 Å². The smallest absolute Gasteiger partial charge is 0.243 e. The van der Waals surface area contributed by atoms with Gasteiger partial charge in [0.15, 0.2) is 0 Å². The highest BCUT2D eigenvalue weighted by molar-refractivity contribution is 7.89. The van der Waals surface area contributed by atoms with Crippen LogP contribution in [0.5, 0.6) is 0 Å². The number of hydrogen-bond acceptors (Lipinski definition) is 5. The van der Waals surface area contributed by atoms with E-state index in [0.29, 0.717) is 31.2 Å². The van der Waals surface area contributed by atoms with Gasteiger partial charge in [-0.05, 0) is 12.1 Å². The molecule has 0 radical (unpaired) electrons. The lowest BCUT2D eigenvalue weighted by atomic mass is 10.1. The molecule has 0 amide bonds. The molecule has 118 valence electrons. The second-order valence-corrected chi connectivity index (χ2v) is 7.04. The summed E-state index contributed by atoms with van der Waals surface area (Å²) in [5.74, 6) is 0. The average Bonchev–Trinajstić information content (AvgIpc) is 2.48. The largest absolute Gasteiger partial charge is 0.383 e. The number of rotatable bonds is 6. The lowest BCUT2D eigenvalue weighted by Crippen LogP contribution is -2.60. The maximum atomic E-state index is 12.7. The summed E-state index contributed by atoms with van der Waals surface area (Å²) >= 11 is 0. The summed E-state index contributed by atoms with van der Waals surface area (Å²) in [6.45, 7) is 1.71. The van der Waals surface area contributed by atoms with Crippen molar-refractivity contribution in [1.29, 1.82) is 0 Å². The SMILES string of the molecule is COC[C@H]1CN(S(=O)(=O)c2ccccc2)C[C@H](COC)N1. The zero-order valence-electron chi connectivity index (χ0n) is 12.4. The van der Waals surface area contributed by atoms with Gasteiger partial charge in [0.1, 0.15) is 0 Å². The number of nitrogens with zero attached hydrogens (tertiary/aromatic N) is 1. The topological polar surface area (TPSA) is 67.9 Å². The maximum Gasteiger partial charge on any atom is 0.243 e. The normalized spacial score (nSPS) is 24.1. The summed E-state index contributed by atoms with van der Waals surface area (Å²) < 4.78 is 37.2. The number of nitrogens with one attached hydrogen (secondary N) is 1. The molecule has 1 aliphatic rings. The molecule has 1 aromatic carbocycles. The monoisotopic (exact) mass is 314 g/mol. The summed E-state index contributed by atoms with van der Waals surface area (Å²) in [7, 11) is -0.265. The molecule has 1 heterocycles. The molecule has 1 aliphatic heterocycles. The highest BCUT2D eigenvalue weighted by Crippen LogP contribution is 2.18. The summed E-state index contributed by atoms with van der Waals surface area (Å²) in [6.07, 6.45) is 0. The Morgan fingerprint density at radius 2 is 1.62 bits per heavy atom. The highest BCUT2D eigenvalue weighted by Gasteiger charge is 2.34. The second-order valence-electron chi connectivity index (χ2n) is 5.11. The molecule has 0 aliphatic carbocycles. The van der Waals surface area contributed by atoms with Crippen LogP contribution in [0.3, 0.4) is 0 Å². The van der Waals surface area contributed by atoms with E-state index in [1.165, 1.54) is 4.31 Å². The average molecular weight is 314 g/mol. The van der Waals surface area contributed by atoms with Crippen molar-refractivity contribution in [2.24, 2.45) is 0 Å². The molecular formula is C14H22N2O4S. The van der Waals surface area contributed by atoms with Crippen LogP contribution in [0.1, 0.15) is 0 Å². The molecule has 0 bridgehead atoms. The van der Waals surface area contributed by atoms with E-state index in [1.807, 2.05) is 0 Å². The Hall–Kier alpha value is -0.990. The van der Waals surface area contributed by atoms with Crippen LogP contribution in [0.2, 0.25) is 0 Å². The standard InChI is InChI=1S/C14H22N2O4S/c1-19-10-12-8-16(9-13(15-12)11-20-2)21(17,18)14-6-4-3-5-7-14/h3-7,12-13,15H,8-11H2,1-2H3/t12-,13-/m1/s1. The maximum absolute atomic E-state index is 12.7. The third-order valence-electron chi connectivity index (χ3n) is 3.44. The predicted molar refractivity (Wildman–Crippen MR) is 79.7 cm³/mol. The zero-order valence-corrected chi connectivity index (χ0v) is 13.2. The van der Waals surface area contributed by atoms with Gasteiger partial charge in [0.25, 0.3) is 0 Å². The first-order valence-corrected chi connectivity index (χ1v) is 8.31. The molecule has 1 saturated heterocycles. The van der Waals surface area contributed by atoms with E-state index in [2.05, 4.69) is 5.32 Å². The van der Waals surface area contributed by atoms with E-state index >= 15 is 0 Å². The van der Waals surface area contributed by atoms with Gasteiger partial charge in [-0.25, -0.2) is 8.42 Å². The van der Waals surface area contributed by atoms with E-state index in [9.17, 15) is 8.42 Å². The molecule has 7 heteroatoms. The zero-order chi connectivity index (χ0) is 15.3. The molecule has 1 aromatic rings. The van der Waals surface area contributed by atoms with Gasteiger partial charge in [-0.1, -0.05) is 18.2 Å². The fraction of sp³-hybridized carbons (Fsp3) is 0.571. The Morgan fingerprint density at radius 1 is 1.10 bits per heavy atom. The van der Waals surface area contributed by atoms with Crippen molar-refractivity contribution < 1.29 is 17.9 Å². The highest BCUT2D eigenvalue weighted by atomic mass is 32.2. The van der Waals surface area contributed by atoms with Crippen LogP contribution in [-0.2, 0) is 19.5 Å². The van der Waals surface area contributed by atoms with E-state index in [0.717, 1.165) is 0 Å². The van der Waals surface area contributed by atoms with Crippen LogP contribution in [0.25, 0.3) is 0 Å². The van der Waals surface area contributed by atoms with Crippen LogP contribution in [0, 0.1) is 0 Å². The van der Waals surface area contributed by atoms with Crippen molar-refractivity contribution >= 4 is 10.0 Å². The Labute approximate surface area is 126 Å². The Bertz CT molecular complexity index is 521. The van der Waals surface area contributed by atoms with Gasteiger partial charge in [0, 0.05) is 39.4 Å². The Balaban J connectivity index is 2.20. The lowest BCUT2D eigenvalue weighted by molar-refractivity contribution is 0.0916. The Kier molecular flexibility index (Phi) is 5.72. The number of benzene rings is 1. The molecule has 0 unspecified atom stereocenters. The van der Waals surface area contributed by atoms with Crippen LogP contribution in [0.4, 0.5) is 0 Å². The first-order chi connectivity index (χ1) is 10.1. The first kappa shape index (κ1) is 16.4. The number of methoxy groups -OCH3 is 2. The minimum Gasteiger partial charge on any atom is -0.383 e. The molecule has 0 aromatic heterocycles. The van der Waals surface area contributed by atoms with Gasteiger partial charge in [0.2, 0.25) is 10.0 Å². The number of ether oxygens (including phenoxy) is 2. The number of hydrogen-bond donors (Lipinski definition) is 1. The van der Waals surface area contributed by atoms with E-state index < -0.39 is 10.0 Å². The van der Waals surface area contributed by atoms with Crippen molar-refractivity contribution in [3.63, 3.8) is 0 Å². The van der Waals surface area contributed by atoms with Gasteiger partial charge in [0.05, 0.1) is 18.1 Å². The minimum atomic E-state index is -3.48. The lowest BCUT2D eigenvalue weighted by Gasteiger charge is -2.37. The van der Waals surface area contributed by atoms with Crippen LogP contribution >= 0.6 is 0 Å². The molecule has 21 heavy (non-hydrogen) atoms. The van der Waals surface area contributed by atoms with Gasteiger partial charge in [-0.15, -0.1) is 0 Å². The van der Waals surface area contributed by atoms with E-state index in [1.54, 1.807) is 44.6 Å². The first-order valence-electron chi connectivity index (χ1n) is 6.87. The molecule has 0 spiro atoms. The summed E-state index contributed by atoms with van der Waals surface area (Å²) in [4.78, 5) is 0.319. The van der Waals surface area contributed by atoms with E-state index in [-0.39, 0.29) is 12.1 Å². The predicted octanol–water partition coefficient (Wildman–Crippen LogP) is 0.311. The number of sulfonamides is 1. The summed E-state index contributed by atoms with van der Waals surface area (Å²) in [5.41, 5.74) is 0. The molecule has 6 nitrogen and oxygen atoms in total. The van der Waals surface area contributed by atoms with Crippen molar-refractivity contribution in [3.8, 4) is 0 Å². The molecule has 1 N–H and O–H groups in total. The third-order valence-corrected chi connectivity index (χ3v) is 5.28. The minimum absolute atomic E-state index is 0.0395. The summed E-state index contributed by atoms with van der Waals surface area (Å²) in [5, 5.41) is 3.35. The van der Waals surface area contributed by atoms with Crippen molar-refractivity contribution in [3.05, 3.63) is 30.3 Å². The number of piperazine rings is 1. The van der Waals surface area contributed by atoms with Gasteiger partial charge >= 0.3 is 0 Å². The van der Waals surface area contributed by atoms with Crippen molar-refractivity contribution in [2.75, 3.05) is 40.5 Å². The van der Waals surface area contributed by atoms with Gasteiger partial charge in [-0.2, -0.15) is 4.31 Å². The fourth-order valence-corrected chi connectivity index (χ4v) is 4.10. The fourth-order valence-electron chi connectivity index (χ4n) is 2.55. The Morgan fingerprint density at radius 3 is 2.10 bits per heavy atom. The van der Waals surface area contributed by atoms with Crippen LogP contribution < -0.4 is 5.32 Å². The van der Waals surface area contributed by atoms with Crippen molar-refractivity contribution in [2.45, 2.75) is 17.0 Å². The second kappa shape index (κ2) is 7.33. The molecule has 1 fully saturated rings. The third kappa shape index (κ3) is 4.02. The molecule has 2 atom stereocenters. The van der Waals surface area contributed by atoms with Crippen molar-refractivity contribution in [1.82, 2.24) is 9.62 Å². The molecule has 0 saturated carbocycles. The molecule has 2 rings (SSSR count). The van der Waals surface area contributed by atoms with Crippen LogP contribution in [0.15, 0.2) is 35.2 Å². The van der Waals surface area contributed by atoms with E-state index in [4.69, 9.17) is 9.47 Å². The van der Waals surface area contributed by atoms with Gasteiger partial charge in [-0.3, -0.25) is 0 Å². The van der Waals surface area contributed by atoms with Gasteiger partial charge < -0.3 is 14.8 Å².